The average molecular weight is 395 g/mol. The molecule has 1 fully saturated rings. The van der Waals surface area contributed by atoms with Crippen molar-refractivity contribution in [2.45, 2.75) is 39.8 Å². The van der Waals surface area contributed by atoms with E-state index in [0.29, 0.717) is 17.7 Å². The van der Waals surface area contributed by atoms with Crippen molar-refractivity contribution in [3.63, 3.8) is 0 Å². The minimum absolute atomic E-state index is 0.346. The Bertz CT molecular complexity index is 887. The molecular weight excluding hydrogens is 360 g/mol. The number of rotatable bonds is 9. The van der Waals surface area contributed by atoms with Crippen LogP contribution in [0.3, 0.4) is 0 Å². The SMILES string of the molecule is CCC[NH+](CCC)Cc1nc2c(c(=O)[nH]c(=O)n2C)n1CC[NH+]1CCOCC1. The normalized spacial score (nSPS) is 15.7. The molecule has 3 rings (SSSR count). The van der Waals surface area contributed by atoms with E-state index in [1.165, 1.54) is 14.4 Å². The third kappa shape index (κ3) is 4.53. The summed E-state index contributed by atoms with van der Waals surface area (Å²) in [5.41, 5.74) is 0.227. The second-order valence-electron chi connectivity index (χ2n) is 7.71. The van der Waals surface area contributed by atoms with E-state index in [-0.39, 0.29) is 5.56 Å². The van der Waals surface area contributed by atoms with Crippen LogP contribution in [-0.4, -0.2) is 65.0 Å². The molecule has 2 aromatic heterocycles. The van der Waals surface area contributed by atoms with Crippen LogP contribution < -0.4 is 21.0 Å². The molecule has 2 aromatic rings. The largest absolute Gasteiger partial charge is 0.370 e. The number of hydrogen-bond donors (Lipinski definition) is 3. The lowest BCUT2D eigenvalue weighted by Gasteiger charge is -2.24. The predicted molar refractivity (Wildman–Crippen MR) is 107 cm³/mol. The van der Waals surface area contributed by atoms with Crippen molar-refractivity contribution in [2.75, 3.05) is 45.9 Å². The highest BCUT2D eigenvalue weighted by Crippen LogP contribution is 2.09. The summed E-state index contributed by atoms with van der Waals surface area (Å²) in [4.78, 5) is 34.8. The number of morpholine rings is 1. The summed E-state index contributed by atoms with van der Waals surface area (Å²) in [6.45, 7) is 12.5. The van der Waals surface area contributed by atoms with Gasteiger partial charge in [0.2, 0.25) is 0 Å². The number of quaternary nitrogens is 2. The first kappa shape index (κ1) is 20.8. The van der Waals surface area contributed by atoms with E-state index in [4.69, 9.17) is 9.72 Å². The maximum atomic E-state index is 12.6. The van der Waals surface area contributed by atoms with Gasteiger partial charge >= 0.3 is 5.69 Å². The molecule has 0 radical (unpaired) electrons. The van der Waals surface area contributed by atoms with E-state index in [0.717, 1.165) is 71.1 Å². The monoisotopic (exact) mass is 394 g/mol. The molecule has 0 bridgehead atoms. The first-order valence-electron chi connectivity index (χ1n) is 10.5. The molecule has 156 valence electrons. The number of H-pyrrole nitrogens is 1. The lowest BCUT2D eigenvalue weighted by molar-refractivity contribution is -0.915. The van der Waals surface area contributed by atoms with Crippen LogP contribution in [0.5, 0.6) is 0 Å². The molecule has 0 aromatic carbocycles. The zero-order valence-electron chi connectivity index (χ0n) is 17.3. The van der Waals surface area contributed by atoms with Gasteiger partial charge in [0, 0.05) is 7.05 Å². The van der Waals surface area contributed by atoms with Crippen LogP contribution in [0.1, 0.15) is 32.5 Å². The Balaban J connectivity index is 1.97. The highest BCUT2D eigenvalue weighted by Gasteiger charge is 2.22. The van der Waals surface area contributed by atoms with E-state index >= 15 is 0 Å². The molecule has 0 spiro atoms. The van der Waals surface area contributed by atoms with Gasteiger partial charge in [0.15, 0.2) is 17.0 Å². The molecule has 0 unspecified atom stereocenters. The maximum Gasteiger partial charge on any atom is 0.329 e. The standard InChI is InChI=1S/C19H32N6O3/c1-4-6-24(7-5-2)14-15-20-17-16(18(26)21-19(27)22(17)3)25(15)9-8-23-10-12-28-13-11-23/h4-14H2,1-3H3,(H,21,26,27)/p+2. The zero-order valence-corrected chi connectivity index (χ0v) is 17.3. The Morgan fingerprint density at radius 1 is 1.18 bits per heavy atom. The summed E-state index contributed by atoms with van der Waals surface area (Å²) in [7, 11) is 1.66. The Kier molecular flexibility index (Phi) is 7.03. The fourth-order valence-electron chi connectivity index (χ4n) is 4.07. The number of fused-ring (bicyclic) bond motifs is 1. The number of imidazole rings is 1. The molecular formula is C19H34N6O3+2. The van der Waals surface area contributed by atoms with Gasteiger partial charge in [-0.05, 0) is 12.8 Å². The summed E-state index contributed by atoms with van der Waals surface area (Å²) in [5.74, 6) is 0.895. The van der Waals surface area contributed by atoms with Crippen LogP contribution in [0.25, 0.3) is 11.2 Å². The van der Waals surface area contributed by atoms with Gasteiger partial charge in [-0.25, -0.2) is 9.78 Å². The van der Waals surface area contributed by atoms with Crippen molar-refractivity contribution in [3.05, 3.63) is 26.7 Å². The van der Waals surface area contributed by atoms with E-state index < -0.39 is 5.69 Å². The summed E-state index contributed by atoms with van der Waals surface area (Å²) in [6.07, 6.45) is 2.21. The highest BCUT2D eigenvalue weighted by atomic mass is 16.5. The molecule has 0 amide bonds. The van der Waals surface area contributed by atoms with Gasteiger partial charge < -0.3 is 19.1 Å². The zero-order chi connectivity index (χ0) is 20.1. The molecule has 0 aliphatic carbocycles. The molecule has 1 aliphatic rings. The molecule has 9 nitrogen and oxygen atoms in total. The van der Waals surface area contributed by atoms with Gasteiger partial charge in [0.05, 0.1) is 39.4 Å². The number of nitrogens with zero attached hydrogens (tertiary/aromatic N) is 3. The Morgan fingerprint density at radius 3 is 2.50 bits per heavy atom. The van der Waals surface area contributed by atoms with E-state index in [1.54, 1.807) is 7.05 Å². The van der Waals surface area contributed by atoms with Gasteiger partial charge in [-0.3, -0.25) is 14.3 Å². The minimum atomic E-state index is -0.418. The lowest BCUT2D eigenvalue weighted by atomic mass is 10.3. The molecule has 28 heavy (non-hydrogen) atoms. The molecule has 1 aliphatic heterocycles. The smallest absolute Gasteiger partial charge is 0.329 e. The molecule has 3 N–H and O–H groups in total. The quantitative estimate of drug-likeness (QED) is 0.440. The van der Waals surface area contributed by atoms with Crippen LogP contribution in [0.2, 0.25) is 0 Å². The molecule has 1 saturated heterocycles. The maximum absolute atomic E-state index is 12.6. The second-order valence-corrected chi connectivity index (χ2v) is 7.71. The fourth-order valence-corrected chi connectivity index (χ4v) is 4.07. The van der Waals surface area contributed by atoms with Gasteiger partial charge in [-0.15, -0.1) is 0 Å². The van der Waals surface area contributed by atoms with Crippen molar-refractivity contribution >= 4 is 11.2 Å². The van der Waals surface area contributed by atoms with Crippen molar-refractivity contribution in [3.8, 4) is 0 Å². The van der Waals surface area contributed by atoms with E-state index in [1.807, 2.05) is 4.57 Å². The topological polar surface area (TPSA) is 90.8 Å². The third-order valence-electron chi connectivity index (χ3n) is 5.59. The van der Waals surface area contributed by atoms with E-state index in [9.17, 15) is 9.59 Å². The van der Waals surface area contributed by atoms with E-state index in [2.05, 4.69) is 18.8 Å². The minimum Gasteiger partial charge on any atom is -0.370 e. The van der Waals surface area contributed by atoms with Crippen molar-refractivity contribution < 1.29 is 14.5 Å². The Hall–Kier alpha value is -1.97. The number of nitrogens with one attached hydrogen (secondary N) is 3. The molecule has 0 saturated carbocycles. The van der Waals surface area contributed by atoms with Crippen LogP contribution in [0.4, 0.5) is 0 Å². The van der Waals surface area contributed by atoms with Crippen molar-refractivity contribution in [1.29, 1.82) is 0 Å². The number of ether oxygens (including phenoxy) is 1. The molecule has 0 atom stereocenters. The Morgan fingerprint density at radius 2 is 1.86 bits per heavy atom. The number of aryl methyl sites for hydroxylation is 1. The predicted octanol–water partition coefficient (Wildman–Crippen LogP) is -2.46. The molecule has 3 heterocycles. The van der Waals surface area contributed by atoms with Gasteiger partial charge in [-0.1, -0.05) is 13.8 Å². The van der Waals surface area contributed by atoms with Crippen LogP contribution in [0.15, 0.2) is 9.59 Å². The number of hydrogen-bond acceptors (Lipinski definition) is 4. The fraction of sp³-hybridized carbons (Fsp3) is 0.737. The summed E-state index contributed by atoms with van der Waals surface area (Å²) >= 11 is 0. The van der Waals surface area contributed by atoms with Gasteiger partial charge in [-0.2, -0.15) is 0 Å². The highest BCUT2D eigenvalue weighted by molar-refractivity contribution is 5.70. The summed E-state index contributed by atoms with van der Waals surface area (Å²) in [5, 5.41) is 0. The lowest BCUT2D eigenvalue weighted by Crippen LogP contribution is -3.14. The summed E-state index contributed by atoms with van der Waals surface area (Å²) in [6, 6.07) is 0. The third-order valence-corrected chi connectivity index (χ3v) is 5.59. The van der Waals surface area contributed by atoms with Crippen molar-refractivity contribution in [2.24, 2.45) is 7.05 Å². The second kappa shape index (κ2) is 9.49. The van der Waals surface area contributed by atoms with Crippen molar-refractivity contribution in [1.82, 2.24) is 19.1 Å². The first-order chi connectivity index (χ1) is 13.5. The van der Waals surface area contributed by atoms with Crippen LogP contribution in [0, 0.1) is 0 Å². The average Bonchev–Trinajstić information content (AvgIpc) is 3.04. The Labute approximate surface area is 164 Å². The van der Waals surface area contributed by atoms with Crippen LogP contribution in [-0.2, 0) is 24.9 Å². The number of aromatic nitrogens is 4. The van der Waals surface area contributed by atoms with Gasteiger partial charge in [0.1, 0.15) is 19.6 Å². The summed E-state index contributed by atoms with van der Waals surface area (Å²) < 4.78 is 8.93. The van der Waals surface area contributed by atoms with Gasteiger partial charge in [0.25, 0.3) is 5.56 Å². The first-order valence-corrected chi connectivity index (χ1v) is 10.5. The molecule has 9 heteroatoms. The number of aromatic amines is 1. The van der Waals surface area contributed by atoms with Crippen LogP contribution >= 0.6 is 0 Å².